The normalized spacial score (nSPS) is 9.75. The van der Waals surface area contributed by atoms with Crippen LogP contribution in [-0.4, -0.2) is 18.9 Å². The molecule has 0 amide bonds. The van der Waals surface area contributed by atoms with Crippen molar-refractivity contribution in [1.29, 1.82) is 0 Å². The van der Waals surface area contributed by atoms with Gasteiger partial charge in [-0.05, 0) is 12.1 Å². The summed E-state index contributed by atoms with van der Waals surface area (Å²) in [5.74, 6) is -2.01. The van der Waals surface area contributed by atoms with Gasteiger partial charge < -0.3 is 5.11 Å². The van der Waals surface area contributed by atoms with Crippen molar-refractivity contribution in [3.05, 3.63) is 35.1 Å². The van der Waals surface area contributed by atoms with E-state index in [4.69, 9.17) is 13.0 Å². The molecule has 1 aromatic carbocycles. The van der Waals surface area contributed by atoms with Gasteiger partial charge in [-0.15, -0.1) is 0 Å². The van der Waals surface area contributed by atoms with Gasteiger partial charge in [0.05, 0.1) is 13.4 Å². The molecule has 0 aliphatic carbocycles. The highest BCUT2D eigenvalue weighted by Crippen LogP contribution is 2.09. The quantitative estimate of drug-likeness (QED) is 0.666. The number of halogens is 1. The number of carboxylic acids is 1. The van der Waals surface area contributed by atoms with Gasteiger partial charge in [-0.25, -0.2) is 9.18 Å². The highest BCUT2D eigenvalue weighted by molar-refractivity contribution is 6.08. The minimum absolute atomic E-state index is 0.205. The van der Waals surface area contributed by atoms with E-state index in [2.05, 4.69) is 0 Å². The smallest absolute Gasteiger partial charge is 0.338 e. The maximum Gasteiger partial charge on any atom is 0.338 e. The van der Waals surface area contributed by atoms with Crippen LogP contribution in [0, 0.1) is 5.82 Å². The minimum Gasteiger partial charge on any atom is -0.478 e. The molecule has 0 unspecified atom stereocenters. The molecule has 60 valence electrons. The predicted molar refractivity (Wildman–Crippen MR) is 42.8 cm³/mol. The molecule has 0 atom stereocenters. The maximum atomic E-state index is 12.9. The van der Waals surface area contributed by atoms with E-state index in [1.165, 1.54) is 12.1 Å². The molecule has 4 heteroatoms. The largest absolute Gasteiger partial charge is 0.478 e. The van der Waals surface area contributed by atoms with Crippen LogP contribution in [0.2, 0.25) is 0 Å². The first-order valence-electron chi connectivity index (χ1n) is 3.37. The Kier molecular flexibility index (Phi) is 2.48. The van der Waals surface area contributed by atoms with Crippen molar-refractivity contribution < 1.29 is 14.3 Å². The Bertz CT molecular complexity index is 312. The highest BCUT2D eigenvalue weighted by Gasteiger charge is 2.08. The summed E-state index contributed by atoms with van der Waals surface area (Å²) in [6.07, 6.45) is 0.205. The van der Waals surface area contributed by atoms with Crippen molar-refractivity contribution >= 4 is 13.8 Å². The molecule has 1 N–H and O–H groups in total. The number of benzene rings is 1. The van der Waals surface area contributed by atoms with Gasteiger partial charge in [0.2, 0.25) is 0 Å². The summed E-state index contributed by atoms with van der Waals surface area (Å²) in [5, 5.41) is 8.46. The van der Waals surface area contributed by atoms with E-state index in [1.54, 1.807) is 0 Å². The molecular formula is C8H6BFO2. The van der Waals surface area contributed by atoms with Crippen molar-refractivity contribution in [1.82, 2.24) is 0 Å². The standard InChI is InChI=1S/C8H6BFO2/c9-4-5-1-2-6(8(11)12)7(10)3-5/h1-3H,4H2,(H,11,12). The van der Waals surface area contributed by atoms with Crippen molar-refractivity contribution in [3.63, 3.8) is 0 Å². The highest BCUT2D eigenvalue weighted by atomic mass is 19.1. The van der Waals surface area contributed by atoms with Crippen LogP contribution < -0.4 is 0 Å². The average Bonchev–Trinajstić information content (AvgIpc) is 2.03. The monoisotopic (exact) mass is 164 g/mol. The fraction of sp³-hybridized carbons (Fsp3) is 0.125. The second-order valence-corrected chi connectivity index (χ2v) is 2.32. The topological polar surface area (TPSA) is 37.3 Å². The molecule has 12 heavy (non-hydrogen) atoms. The van der Waals surface area contributed by atoms with Gasteiger partial charge in [0.15, 0.2) is 0 Å². The van der Waals surface area contributed by atoms with Gasteiger partial charge in [0, 0.05) is 0 Å². The van der Waals surface area contributed by atoms with E-state index in [-0.39, 0.29) is 11.9 Å². The minimum atomic E-state index is -1.27. The fourth-order valence-electron chi connectivity index (χ4n) is 0.859. The molecule has 0 aromatic heterocycles. The Morgan fingerprint density at radius 1 is 1.58 bits per heavy atom. The van der Waals surface area contributed by atoms with Crippen LogP contribution >= 0.6 is 0 Å². The van der Waals surface area contributed by atoms with E-state index in [9.17, 15) is 9.18 Å². The van der Waals surface area contributed by atoms with Crippen LogP contribution in [0.5, 0.6) is 0 Å². The van der Waals surface area contributed by atoms with Crippen LogP contribution in [0.4, 0.5) is 4.39 Å². The zero-order valence-electron chi connectivity index (χ0n) is 6.25. The summed E-state index contributed by atoms with van der Waals surface area (Å²) in [6.45, 7) is 0. The SMILES string of the molecule is [B]Cc1ccc(C(=O)O)c(F)c1. The van der Waals surface area contributed by atoms with E-state index >= 15 is 0 Å². The molecule has 0 bridgehead atoms. The van der Waals surface area contributed by atoms with Crippen LogP contribution in [-0.2, 0) is 6.32 Å². The molecule has 0 fully saturated rings. The lowest BCUT2D eigenvalue weighted by Gasteiger charge is -1.99. The second-order valence-electron chi connectivity index (χ2n) is 2.32. The molecule has 2 nitrogen and oxygen atoms in total. The summed E-state index contributed by atoms with van der Waals surface area (Å²) in [6, 6.07) is 3.83. The van der Waals surface area contributed by atoms with Crippen LogP contribution in [0.15, 0.2) is 18.2 Å². The molecule has 1 aromatic rings. The number of carbonyl (C=O) groups is 1. The molecule has 0 saturated heterocycles. The first kappa shape index (κ1) is 8.78. The number of rotatable bonds is 2. The lowest BCUT2D eigenvalue weighted by atomic mass is 9.96. The first-order chi connectivity index (χ1) is 5.65. The number of carboxylic acid groups (broad SMARTS) is 1. The van der Waals surface area contributed by atoms with E-state index in [1.807, 2.05) is 0 Å². The lowest BCUT2D eigenvalue weighted by Crippen LogP contribution is -2.01. The molecule has 0 aliphatic rings. The number of aromatic carboxylic acids is 1. The van der Waals surface area contributed by atoms with Gasteiger partial charge in [-0.2, -0.15) is 0 Å². The van der Waals surface area contributed by atoms with Gasteiger partial charge in [-0.1, -0.05) is 17.9 Å². The van der Waals surface area contributed by atoms with Crippen molar-refractivity contribution in [2.24, 2.45) is 0 Å². The van der Waals surface area contributed by atoms with E-state index < -0.39 is 11.8 Å². The Balaban J connectivity index is 3.12. The van der Waals surface area contributed by atoms with Crippen molar-refractivity contribution in [2.45, 2.75) is 6.32 Å². The molecule has 0 spiro atoms. The third kappa shape index (κ3) is 1.64. The lowest BCUT2D eigenvalue weighted by molar-refractivity contribution is 0.0692. The second kappa shape index (κ2) is 3.39. The number of hydrogen-bond donors (Lipinski definition) is 1. The predicted octanol–water partition coefficient (Wildman–Crippen LogP) is 1.19. The fourth-order valence-corrected chi connectivity index (χ4v) is 0.859. The molecule has 1 rings (SSSR count). The summed E-state index contributed by atoms with van der Waals surface area (Å²) < 4.78 is 12.9. The third-order valence-electron chi connectivity index (χ3n) is 1.50. The van der Waals surface area contributed by atoms with Gasteiger partial charge in [0.1, 0.15) is 5.82 Å². The summed E-state index contributed by atoms with van der Waals surface area (Å²) >= 11 is 0. The van der Waals surface area contributed by atoms with Crippen molar-refractivity contribution in [2.75, 3.05) is 0 Å². The van der Waals surface area contributed by atoms with Crippen molar-refractivity contribution in [3.8, 4) is 0 Å². The van der Waals surface area contributed by atoms with Crippen LogP contribution in [0.3, 0.4) is 0 Å². The molecule has 0 aliphatic heterocycles. The van der Waals surface area contributed by atoms with Gasteiger partial charge in [0.25, 0.3) is 0 Å². The van der Waals surface area contributed by atoms with Gasteiger partial charge in [-0.3, -0.25) is 0 Å². The Labute approximate surface area is 70.4 Å². The number of hydrogen-bond acceptors (Lipinski definition) is 1. The molecule has 2 radical (unpaired) electrons. The van der Waals surface area contributed by atoms with E-state index in [0.29, 0.717) is 5.56 Å². The zero-order valence-corrected chi connectivity index (χ0v) is 6.25. The van der Waals surface area contributed by atoms with E-state index in [0.717, 1.165) is 6.07 Å². The molecule has 0 heterocycles. The van der Waals surface area contributed by atoms with Crippen LogP contribution in [0.1, 0.15) is 15.9 Å². The summed E-state index contributed by atoms with van der Waals surface area (Å²) in [5.41, 5.74) is 0.254. The maximum absolute atomic E-state index is 12.9. The van der Waals surface area contributed by atoms with Gasteiger partial charge >= 0.3 is 5.97 Å². The molecular weight excluding hydrogens is 158 g/mol. The van der Waals surface area contributed by atoms with Crippen LogP contribution in [0.25, 0.3) is 0 Å². The summed E-state index contributed by atoms with van der Waals surface area (Å²) in [4.78, 5) is 10.4. The average molecular weight is 164 g/mol. The Morgan fingerprint density at radius 2 is 2.25 bits per heavy atom. The Hall–Kier alpha value is -1.32. The first-order valence-corrected chi connectivity index (χ1v) is 3.37. The zero-order chi connectivity index (χ0) is 9.14. The third-order valence-corrected chi connectivity index (χ3v) is 1.50. The molecule has 0 saturated carbocycles. The Morgan fingerprint density at radius 3 is 2.67 bits per heavy atom. The summed E-state index contributed by atoms with van der Waals surface area (Å²) in [7, 11) is 5.23.